The van der Waals surface area contributed by atoms with Gasteiger partial charge in [-0.2, -0.15) is 4.98 Å². The Hall–Kier alpha value is -2.46. The van der Waals surface area contributed by atoms with Crippen LogP contribution in [0.5, 0.6) is 0 Å². The lowest BCUT2D eigenvalue weighted by Crippen LogP contribution is -2.48. The van der Waals surface area contributed by atoms with Crippen molar-refractivity contribution in [1.29, 1.82) is 0 Å². The van der Waals surface area contributed by atoms with Crippen LogP contribution in [-0.2, 0) is 11.3 Å². The summed E-state index contributed by atoms with van der Waals surface area (Å²) in [5.41, 5.74) is 0. The number of amides is 1. The molecule has 9 nitrogen and oxygen atoms in total. The van der Waals surface area contributed by atoms with Crippen LogP contribution in [0.25, 0.3) is 4.91 Å². The van der Waals surface area contributed by atoms with Gasteiger partial charge in [0.05, 0.1) is 11.1 Å². The van der Waals surface area contributed by atoms with E-state index in [0.717, 1.165) is 37.5 Å². The van der Waals surface area contributed by atoms with Crippen molar-refractivity contribution in [3.05, 3.63) is 42.2 Å². The van der Waals surface area contributed by atoms with Gasteiger partial charge >= 0.3 is 0 Å². The number of hydrogen-bond acceptors (Lipinski definition) is 8. The lowest BCUT2D eigenvalue weighted by atomic mass is 10.3. The van der Waals surface area contributed by atoms with Crippen molar-refractivity contribution in [3.63, 3.8) is 0 Å². The second kappa shape index (κ2) is 12.1. The molecule has 28 heavy (non-hydrogen) atoms. The zero-order chi connectivity index (χ0) is 20.2. The van der Waals surface area contributed by atoms with Crippen molar-refractivity contribution in [3.8, 4) is 0 Å². The molecule has 0 N–H and O–H groups in total. The third kappa shape index (κ3) is 6.93. The van der Waals surface area contributed by atoms with Crippen LogP contribution in [0.4, 0.5) is 0 Å². The van der Waals surface area contributed by atoms with Gasteiger partial charge in [0.25, 0.3) is 0 Å². The summed E-state index contributed by atoms with van der Waals surface area (Å²) in [5, 5.41) is 13.2. The summed E-state index contributed by atoms with van der Waals surface area (Å²) in [4.78, 5) is 20.9. The molecule has 1 saturated heterocycles. The molecule has 2 aliphatic rings. The first kappa shape index (κ1) is 21.8. The van der Waals surface area contributed by atoms with Crippen LogP contribution in [-0.4, -0.2) is 74.1 Å². The van der Waals surface area contributed by atoms with Gasteiger partial charge in [0.1, 0.15) is 6.54 Å². The van der Waals surface area contributed by atoms with Gasteiger partial charge in [0.2, 0.25) is 18.1 Å². The predicted octanol–water partition coefficient (Wildman–Crippen LogP) is 2.14. The minimum atomic E-state index is 0.119. The highest BCUT2D eigenvalue weighted by atomic mass is 32.2. The molecular weight excluding hydrogens is 378 g/mol. The number of carbonyl (C=O) groups excluding carboxylic acids is 1. The minimum absolute atomic E-state index is 0.119. The monoisotopic (exact) mass is 405 g/mol. The summed E-state index contributed by atoms with van der Waals surface area (Å²) < 4.78 is 6.18. The van der Waals surface area contributed by atoms with Gasteiger partial charge in [0, 0.05) is 32.4 Å². The van der Waals surface area contributed by atoms with E-state index in [4.69, 9.17) is 0 Å². The van der Waals surface area contributed by atoms with E-state index in [1.165, 1.54) is 6.39 Å². The Bertz CT molecular complexity index is 736. The minimum Gasteiger partial charge on any atom is -0.342 e. The lowest BCUT2D eigenvalue weighted by Gasteiger charge is -2.32. The van der Waals surface area contributed by atoms with E-state index in [1.807, 2.05) is 24.2 Å². The number of carbonyl (C=O) groups is 1. The SMILES string of the molecule is C1=CSC(c2ncon2)=CC1.CC.CN1CCN(C(=O)Cn2ccnn2)CC1. The van der Waals surface area contributed by atoms with E-state index in [-0.39, 0.29) is 5.91 Å². The number of rotatable bonds is 3. The van der Waals surface area contributed by atoms with E-state index < -0.39 is 0 Å². The maximum Gasteiger partial charge on any atom is 0.244 e. The molecule has 0 radical (unpaired) electrons. The molecule has 0 saturated carbocycles. The fourth-order valence-corrected chi connectivity index (χ4v) is 3.18. The van der Waals surface area contributed by atoms with Gasteiger partial charge < -0.3 is 14.3 Å². The van der Waals surface area contributed by atoms with Crippen molar-refractivity contribution in [1.82, 2.24) is 34.9 Å². The van der Waals surface area contributed by atoms with Gasteiger partial charge in [-0.25, -0.2) is 4.68 Å². The molecular formula is C18H27N7O2S. The standard InChI is InChI=1S/C9H15N5O.C7H6N2OS.C2H6/c1-12-4-6-13(7-5-12)9(15)8-14-3-2-10-11-14;1-2-4-11-6(3-1)7-8-5-10-9-7;1-2/h2-3H,4-8H2,1H3;2-5H,1H2;1-2H3. The Morgan fingerprint density at radius 3 is 2.61 bits per heavy atom. The highest BCUT2D eigenvalue weighted by Gasteiger charge is 2.19. The van der Waals surface area contributed by atoms with Gasteiger partial charge in [-0.3, -0.25) is 4.79 Å². The molecule has 0 aliphatic carbocycles. The fraction of sp³-hybridized carbons (Fsp3) is 0.500. The molecule has 4 heterocycles. The average Bonchev–Trinajstić information content (AvgIpc) is 3.46. The molecule has 0 aromatic carbocycles. The van der Waals surface area contributed by atoms with Gasteiger partial charge in [-0.15, -0.1) is 5.10 Å². The third-order valence-corrected chi connectivity index (χ3v) is 4.87. The zero-order valence-electron chi connectivity index (χ0n) is 16.6. The average molecular weight is 406 g/mol. The summed E-state index contributed by atoms with van der Waals surface area (Å²) in [6.07, 6.45) is 9.75. The largest absolute Gasteiger partial charge is 0.342 e. The zero-order valence-corrected chi connectivity index (χ0v) is 17.4. The summed E-state index contributed by atoms with van der Waals surface area (Å²) >= 11 is 1.62. The number of likely N-dealkylation sites (N-methyl/N-ethyl adjacent to an activating group) is 1. The van der Waals surface area contributed by atoms with Crippen LogP contribution >= 0.6 is 11.8 Å². The van der Waals surface area contributed by atoms with E-state index in [1.54, 1.807) is 28.8 Å². The first-order valence-corrected chi connectivity index (χ1v) is 10.2. The molecule has 0 atom stereocenters. The summed E-state index contributed by atoms with van der Waals surface area (Å²) in [7, 11) is 2.07. The normalized spacial score (nSPS) is 16.4. The van der Waals surface area contributed by atoms with Crippen LogP contribution < -0.4 is 0 Å². The quantitative estimate of drug-likeness (QED) is 0.767. The van der Waals surface area contributed by atoms with Crippen molar-refractivity contribution in [2.24, 2.45) is 0 Å². The van der Waals surface area contributed by atoms with Gasteiger partial charge in [-0.05, 0) is 18.9 Å². The van der Waals surface area contributed by atoms with Gasteiger partial charge in [-0.1, -0.05) is 48.1 Å². The first-order valence-electron chi connectivity index (χ1n) is 9.31. The van der Waals surface area contributed by atoms with E-state index in [9.17, 15) is 4.79 Å². The lowest BCUT2D eigenvalue weighted by molar-refractivity contribution is -0.133. The third-order valence-electron chi connectivity index (χ3n) is 3.94. The number of thioether (sulfide) groups is 1. The smallest absolute Gasteiger partial charge is 0.244 e. The molecule has 2 aromatic heterocycles. The van der Waals surface area contributed by atoms with Crippen LogP contribution in [0.1, 0.15) is 26.1 Å². The number of piperazine rings is 1. The topological polar surface area (TPSA) is 93.2 Å². The molecule has 10 heteroatoms. The van der Waals surface area contributed by atoms with Crippen molar-refractivity contribution < 1.29 is 9.32 Å². The Balaban J connectivity index is 0.000000191. The van der Waals surface area contributed by atoms with Gasteiger partial charge in [0.15, 0.2) is 0 Å². The summed E-state index contributed by atoms with van der Waals surface area (Å²) in [6, 6.07) is 0. The first-order chi connectivity index (χ1) is 13.7. The highest BCUT2D eigenvalue weighted by Crippen LogP contribution is 2.29. The molecule has 152 valence electrons. The van der Waals surface area contributed by atoms with E-state index in [2.05, 4.69) is 49.1 Å². The molecule has 4 rings (SSSR count). The Labute approximate surface area is 169 Å². The van der Waals surface area contributed by atoms with Crippen molar-refractivity contribution in [2.75, 3.05) is 33.2 Å². The molecule has 2 aromatic rings. The van der Waals surface area contributed by atoms with Crippen LogP contribution in [0.2, 0.25) is 0 Å². The van der Waals surface area contributed by atoms with Crippen LogP contribution in [0.3, 0.4) is 0 Å². The molecule has 1 amide bonds. The second-order valence-corrected chi connectivity index (χ2v) is 6.78. The predicted molar refractivity (Wildman–Crippen MR) is 109 cm³/mol. The number of aromatic nitrogens is 5. The number of nitrogens with zero attached hydrogens (tertiary/aromatic N) is 7. The Morgan fingerprint density at radius 2 is 2.04 bits per heavy atom. The van der Waals surface area contributed by atoms with Crippen molar-refractivity contribution >= 4 is 22.6 Å². The fourth-order valence-electron chi connectivity index (χ4n) is 2.43. The van der Waals surface area contributed by atoms with E-state index in [0.29, 0.717) is 12.4 Å². The molecule has 1 fully saturated rings. The Kier molecular flexibility index (Phi) is 9.43. The second-order valence-electron chi connectivity index (χ2n) is 5.83. The maximum absolute atomic E-state index is 11.8. The number of allylic oxidation sites excluding steroid dienone is 2. The summed E-state index contributed by atoms with van der Waals surface area (Å²) in [6.45, 7) is 7.81. The molecule has 0 unspecified atom stereocenters. The highest BCUT2D eigenvalue weighted by molar-refractivity contribution is 8.10. The number of hydrogen-bond donors (Lipinski definition) is 0. The molecule has 2 aliphatic heterocycles. The molecule has 0 bridgehead atoms. The van der Waals surface area contributed by atoms with Crippen LogP contribution in [0.15, 0.2) is 40.9 Å². The Morgan fingerprint density at radius 1 is 1.25 bits per heavy atom. The maximum atomic E-state index is 11.8. The van der Waals surface area contributed by atoms with Crippen molar-refractivity contribution in [2.45, 2.75) is 26.8 Å². The molecule has 0 spiro atoms. The van der Waals surface area contributed by atoms with E-state index >= 15 is 0 Å². The van der Waals surface area contributed by atoms with Crippen LogP contribution in [0, 0.1) is 0 Å². The summed E-state index contributed by atoms with van der Waals surface area (Å²) in [5.74, 6) is 0.799.